The quantitative estimate of drug-likeness (QED) is 0.791. The Morgan fingerprint density at radius 2 is 2.14 bits per heavy atom. The zero-order valence-electron chi connectivity index (χ0n) is 12.8. The number of ether oxygens (including phenoxy) is 3. The summed E-state index contributed by atoms with van der Waals surface area (Å²) in [6.45, 7) is 3.09. The van der Waals surface area contributed by atoms with Gasteiger partial charge in [0.25, 0.3) is 0 Å². The summed E-state index contributed by atoms with van der Waals surface area (Å²) in [6, 6.07) is 7.22. The van der Waals surface area contributed by atoms with Crippen LogP contribution in [0, 0.1) is 0 Å². The molecular weight excluding hydrogens is 268 g/mol. The molecule has 1 heterocycles. The summed E-state index contributed by atoms with van der Waals surface area (Å²) in [7, 11) is 3.77. The van der Waals surface area contributed by atoms with E-state index in [1.54, 1.807) is 7.11 Å². The third kappa shape index (κ3) is 3.48. The van der Waals surface area contributed by atoms with E-state index in [1.165, 1.54) is 18.4 Å². The van der Waals surface area contributed by atoms with Crippen LogP contribution in [0.25, 0.3) is 0 Å². The molecule has 2 aliphatic rings. The van der Waals surface area contributed by atoms with Crippen molar-refractivity contribution in [3.8, 4) is 11.5 Å². The summed E-state index contributed by atoms with van der Waals surface area (Å²) in [5.74, 6) is 1.69. The van der Waals surface area contributed by atoms with Gasteiger partial charge in [-0.1, -0.05) is 6.07 Å². The minimum atomic E-state index is 0.289. The maximum Gasteiger partial charge on any atom is 0.231 e. The number of hydrogen-bond donors (Lipinski definition) is 1. The lowest BCUT2D eigenvalue weighted by atomic mass is 10.1. The molecule has 116 valence electrons. The van der Waals surface area contributed by atoms with Crippen LogP contribution >= 0.6 is 0 Å². The van der Waals surface area contributed by atoms with Gasteiger partial charge < -0.3 is 19.5 Å². The third-order valence-electron chi connectivity index (χ3n) is 4.21. The van der Waals surface area contributed by atoms with E-state index in [0.717, 1.165) is 37.2 Å². The third-order valence-corrected chi connectivity index (χ3v) is 4.21. The van der Waals surface area contributed by atoms with Crippen LogP contribution in [-0.2, 0) is 4.74 Å². The lowest BCUT2D eigenvalue weighted by Crippen LogP contribution is -2.37. The monoisotopic (exact) mass is 292 g/mol. The number of methoxy groups -OCH3 is 1. The molecule has 3 rings (SSSR count). The van der Waals surface area contributed by atoms with Crippen molar-refractivity contribution in [3.05, 3.63) is 23.8 Å². The Bertz CT molecular complexity index is 477. The molecule has 21 heavy (non-hydrogen) atoms. The average molecular weight is 292 g/mol. The Labute approximate surface area is 126 Å². The number of hydrogen-bond acceptors (Lipinski definition) is 5. The average Bonchev–Trinajstić information content (AvgIpc) is 3.24. The predicted molar refractivity (Wildman–Crippen MR) is 80.8 cm³/mol. The standard InChI is InChI=1S/C16H24N2O3/c1-17-14(10-18(7-8-19-2)13-4-5-13)12-3-6-15-16(9-12)21-11-20-15/h3,6,9,13-14,17H,4-5,7-8,10-11H2,1-2H3. The summed E-state index contributed by atoms with van der Waals surface area (Å²) >= 11 is 0. The molecule has 0 amide bonds. The highest BCUT2D eigenvalue weighted by Gasteiger charge is 2.30. The van der Waals surface area contributed by atoms with Gasteiger partial charge in [0, 0.05) is 32.3 Å². The molecule has 1 aromatic carbocycles. The van der Waals surface area contributed by atoms with Crippen molar-refractivity contribution in [1.29, 1.82) is 0 Å². The van der Waals surface area contributed by atoms with Crippen molar-refractivity contribution >= 4 is 0 Å². The first-order chi connectivity index (χ1) is 10.3. The number of rotatable bonds is 8. The van der Waals surface area contributed by atoms with Gasteiger partial charge in [0.2, 0.25) is 6.79 Å². The van der Waals surface area contributed by atoms with Crippen LogP contribution in [0.5, 0.6) is 11.5 Å². The first kappa shape index (κ1) is 14.6. The van der Waals surface area contributed by atoms with E-state index in [0.29, 0.717) is 6.79 Å². The van der Waals surface area contributed by atoms with Crippen LogP contribution in [0.2, 0.25) is 0 Å². The van der Waals surface area contributed by atoms with Crippen molar-refractivity contribution in [3.63, 3.8) is 0 Å². The van der Waals surface area contributed by atoms with Gasteiger partial charge in [-0.05, 0) is 37.6 Å². The number of nitrogens with one attached hydrogen (secondary N) is 1. The van der Waals surface area contributed by atoms with E-state index >= 15 is 0 Å². The summed E-state index contributed by atoms with van der Waals surface area (Å²) in [5.41, 5.74) is 1.24. The molecule has 0 bridgehead atoms. The molecule has 1 aliphatic heterocycles. The van der Waals surface area contributed by atoms with Crippen LogP contribution in [0.3, 0.4) is 0 Å². The molecule has 1 aromatic rings. The van der Waals surface area contributed by atoms with Gasteiger partial charge >= 0.3 is 0 Å². The molecule has 1 aliphatic carbocycles. The van der Waals surface area contributed by atoms with E-state index in [-0.39, 0.29) is 6.04 Å². The molecule has 1 saturated carbocycles. The molecule has 5 nitrogen and oxygen atoms in total. The van der Waals surface area contributed by atoms with Gasteiger partial charge in [0.05, 0.1) is 6.61 Å². The molecule has 0 aromatic heterocycles. The second-order valence-electron chi connectivity index (χ2n) is 5.67. The van der Waals surface area contributed by atoms with Crippen LogP contribution < -0.4 is 14.8 Å². The maximum atomic E-state index is 5.48. The fourth-order valence-electron chi connectivity index (χ4n) is 2.80. The minimum absolute atomic E-state index is 0.289. The van der Waals surface area contributed by atoms with E-state index in [1.807, 2.05) is 13.1 Å². The van der Waals surface area contributed by atoms with Crippen molar-refractivity contribution < 1.29 is 14.2 Å². The Morgan fingerprint density at radius 3 is 2.86 bits per heavy atom. The highest BCUT2D eigenvalue weighted by Crippen LogP contribution is 2.35. The Kier molecular flexibility index (Phi) is 4.63. The SMILES string of the molecule is CNC(CN(CCOC)C1CC1)c1ccc2c(c1)OCO2. The van der Waals surface area contributed by atoms with Gasteiger partial charge in [-0.3, -0.25) is 4.90 Å². The summed E-state index contributed by atoms with van der Waals surface area (Å²) in [5, 5.41) is 3.42. The van der Waals surface area contributed by atoms with Crippen LogP contribution in [0.4, 0.5) is 0 Å². The maximum absolute atomic E-state index is 5.48. The van der Waals surface area contributed by atoms with Gasteiger partial charge in [-0.25, -0.2) is 0 Å². The van der Waals surface area contributed by atoms with Crippen molar-refractivity contribution in [2.24, 2.45) is 0 Å². The fraction of sp³-hybridized carbons (Fsp3) is 0.625. The zero-order valence-corrected chi connectivity index (χ0v) is 12.8. The van der Waals surface area contributed by atoms with Gasteiger partial charge in [-0.15, -0.1) is 0 Å². The topological polar surface area (TPSA) is 43.0 Å². The first-order valence-electron chi connectivity index (χ1n) is 7.61. The summed E-state index contributed by atoms with van der Waals surface area (Å²) < 4.78 is 16.1. The highest BCUT2D eigenvalue weighted by molar-refractivity contribution is 5.45. The van der Waals surface area contributed by atoms with Crippen LogP contribution in [0.15, 0.2) is 18.2 Å². The molecular formula is C16H24N2O3. The number of fused-ring (bicyclic) bond motifs is 1. The highest BCUT2D eigenvalue weighted by atomic mass is 16.7. The second-order valence-corrected chi connectivity index (χ2v) is 5.67. The molecule has 0 saturated heterocycles. The zero-order chi connectivity index (χ0) is 14.7. The number of likely N-dealkylation sites (N-methyl/N-ethyl adjacent to an activating group) is 1. The van der Waals surface area contributed by atoms with E-state index in [4.69, 9.17) is 14.2 Å². The van der Waals surface area contributed by atoms with Gasteiger partial charge in [0.15, 0.2) is 11.5 Å². The lowest BCUT2D eigenvalue weighted by molar-refractivity contribution is 0.136. The van der Waals surface area contributed by atoms with Crippen molar-refractivity contribution in [2.45, 2.75) is 24.9 Å². The van der Waals surface area contributed by atoms with E-state index in [2.05, 4.69) is 22.3 Å². The summed E-state index contributed by atoms with van der Waals surface area (Å²) in [4.78, 5) is 2.52. The largest absolute Gasteiger partial charge is 0.454 e. The molecule has 1 N–H and O–H groups in total. The van der Waals surface area contributed by atoms with E-state index < -0.39 is 0 Å². The normalized spacial score (nSPS) is 18.2. The Balaban J connectivity index is 1.68. The van der Waals surface area contributed by atoms with Gasteiger partial charge in [0.1, 0.15) is 0 Å². The van der Waals surface area contributed by atoms with Crippen molar-refractivity contribution in [2.75, 3.05) is 40.6 Å². The summed E-state index contributed by atoms with van der Waals surface area (Å²) in [6.07, 6.45) is 2.61. The Hall–Kier alpha value is -1.30. The Morgan fingerprint density at radius 1 is 1.33 bits per heavy atom. The molecule has 0 radical (unpaired) electrons. The molecule has 1 atom stereocenters. The molecule has 1 unspecified atom stereocenters. The molecule has 1 fully saturated rings. The second kappa shape index (κ2) is 6.64. The minimum Gasteiger partial charge on any atom is -0.454 e. The van der Waals surface area contributed by atoms with Crippen molar-refractivity contribution in [1.82, 2.24) is 10.2 Å². The molecule has 5 heteroatoms. The predicted octanol–water partition coefficient (Wildman–Crippen LogP) is 1.79. The van der Waals surface area contributed by atoms with E-state index in [9.17, 15) is 0 Å². The number of benzene rings is 1. The number of nitrogens with zero attached hydrogens (tertiary/aromatic N) is 1. The molecule has 0 spiro atoms. The van der Waals surface area contributed by atoms with Crippen LogP contribution in [-0.4, -0.2) is 51.6 Å². The fourth-order valence-corrected chi connectivity index (χ4v) is 2.80. The smallest absolute Gasteiger partial charge is 0.231 e. The van der Waals surface area contributed by atoms with Crippen LogP contribution in [0.1, 0.15) is 24.4 Å². The van der Waals surface area contributed by atoms with Gasteiger partial charge in [-0.2, -0.15) is 0 Å². The lowest BCUT2D eigenvalue weighted by Gasteiger charge is -2.27. The first-order valence-corrected chi connectivity index (χ1v) is 7.61.